The summed E-state index contributed by atoms with van der Waals surface area (Å²) in [7, 11) is -2.71. The number of rotatable bonds is 4. The molecular formula is C13H13BrN4O4S2. The van der Waals surface area contributed by atoms with Crippen LogP contribution in [0.5, 0.6) is 5.88 Å². The maximum absolute atomic E-state index is 12.3. The number of methoxy groups -OCH3 is 1. The third kappa shape index (κ3) is 4.36. The summed E-state index contributed by atoms with van der Waals surface area (Å²) in [5.74, 6) is 0.155. The highest BCUT2D eigenvalue weighted by atomic mass is 79.9. The molecule has 0 spiro atoms. The van der Waals surface area contributed by atoms with Crippen molar-refractivity contribution in [3.05, 3.63) is 34.9 Å². The molecule has 1 atom stereocenters. The summed E-state index contributed by atoms with van der Waals surface area (Å²) in [5, 5.41) is 2.25. The molecule has 2 rings (SSSR count). The number of carbonyl (C=O) groups excluding carboxylic acids is 1. The Morgan fingerprint density at radius 3 is 2.79 bits per heavy atom. The Labute approximate surface area is 152 Å². The third-order valence-electron chi connectivity index (χ3n) is 2.80. The topological polar surface area (TPSA) is 110 Å². The zero-order chi connectivity index (χ0) is 17.9. The van der Waals surface area contributed by atoms with Gasteiger partial charge in [0.25, 0.3) is 10.0 Å². The van der Waals surface area contributed by atoms with Crippen LogP contribution in [0, 0.1) is 6.92 Å². The molecule has 1 aromatic heterocycles. The average Bonchev–Trinajstić information content (AvgIpc) is 2.48. The van der Waals surface area contributed by atoms with E-state index in [9.17, 15) is 13.2 Å². The molecule has 8 nitrogen and oxygen atoms in total. The first-order valence-corrected chi connectivity index (χ1v) is 9.34. The standard InChI is InChI=1S/C13H13BrN4O4S2/c1-7-6-10(22-2)16-12(15-7)17-13(19)18-24(20,21)9-5-3-4-8(14)11(9)23/h3-6,8H,1-2H3,(H2,15,16,17,18,19). The molecule has 24 heavy (non-hydrogen) atoms. The van der Waals surface area contributed by atoms with E-state index in [-0.39, 0.29) is 21.6 Å². The van der Waals surface area contributed by atoms with Gasteiger partial charge in [-0.15, -0.1) is 0 Å². The number of anilines is 1. The molecule has 2 amide bonds. The van der Waals surface area contributed by atoms with Gasteiger partial charge in [0.2, 0.25) is 11.8 Å². The third-order valence-corrected chi connectivity index (χ3v) is 5.86. The SMILES string of the molecule is COc1cc(C)nc(NC(=O)NS(=O)(=O)C2=CC=CC(Br)C2=S)n1. The van der Waals surface area contributed by atoms with E-state index in [1.165, 1.54) is 19.3 Å². The van der Waals surface area contributed by atoms with Crippen molar-refractivity contribution >= 4 is 55.0 Å². The molecule has 0 fully saturated rings. The second-order valence-electron chi connectivity index (χ2n) is 4.62. The largest absolute Gasteiger partial charge is 0.481 e. The number of thiocarbonyl (C=S) groups is 1. The van der Waals surface area contributed by atoms with Crippen molar-refractivity contribution < 1.29 is 17.9 Å². The van der Waals surface area contributed by atoms with Crippen LogP contribution in [0.25, 0.3) is 0 Å². The molecule has 1 aliphatic rings. The number of ether oxygens (including phenoxy) is 1. The number of hydrogen-bond donors (Lipinski definition) is 2. The number of alkyl halides is 1. The minimum atomic E-state index is -4.12. The molecule has 11 heteroatoms. The zero-order valence-electron chi connectivity index (χ0n) is 12.6. The molecule has 1 aromatic rings. The lowest BCUT2D eigenvalue weighted by Gasteiger charge is -2.16. The number of aryl methyl sites for hydroxylation is 1. The van der Waals surface area contributed by atoms with E-state index in [0.29, 0.717) is 5.69 Å². The molecule has 0 aromatic carbocycles. The van der Waals surface area contributed by atoms with E-state index in [1.807, 2.05) is 4.72 Å². The Balaban J connectivity index is 2.15. The first-order chi connectivity index (χ1) is 11.2. The van der Waals surface area contributed by atoms with E-state index < -0.39 is 20.9 Å². The molecule has 1 aliphatic carbocycles. The number of amides is 2. The highest BCUT2D eigenvalue weighted by molar-refractivity contribution is 9.10. The van der Waals surface area contributed by atoms with Gasteiger partial charge in [0.05, 0.1) is 16.8 Å². The van der Waals surface area contributed by atoms with Crippen LogP contribution in [0.2, 0.25) is 0 Å². The number of halogens is 1. The van der Waals surface area contributed by atoms with Crippen LogP contribution < -0.4 is 14.8 Å². The van der Waals surface area contributed by atoms with Gasteiger partial charge in [0.15, 0.2) is 0 Å². The molecule has 0 radical (unpaired) electrons. The van der Waals surface area contributed by atoms with Crippen molar-refractivity contribution in [3.63, 3.8) is 0 Å². The number of urea groups is 1. The van der Waals surface area contributed by atoms with E-state index in [1.54, 1.807) is 19.1 Å². The fraction of sp³-hybridized carbons (Fsp3) is 0.231. The zero-order valence-corrected chi connectivity index (χ0v) is 15.8. The molecule has 128 valence electrons. The summed E-state index contributed by atoms with van der Waals surface area (Å²) >= 11 is 8.31. The molecule has 0 aliphatic heterocycles. The second-order valence-corrected chi connectivity index (χ2v) is 7.69. The fourth-order valence-electron chi connectivity index (χ4n) is 1.77. The van der Waals surface area contributed by atoms with Crippen LogP contribution in [-0.4, -0.2) is 41.2 Å². The number of carbonyl (C=O) groups is 1. The molecular weight excluding hydrogens is 420 g/mol. The minimum Gasteiger partial charge on any atom is -0.481 e. The predicted molar refractivity (Wildman–Crippen MR) is 96.9 cm³/mol. The van der Waals surface area contributed by atoms with Gasteiger partial charge in [-0.3, -0.25) is 5.32 Å². The van der Waals surface area contributed by atoms with E-state index in [2.05, 4.69) is 31.2 Å². The number of sulfonamides is 1. The van der Waals surface area contributed by atoms with Crippen LogP contribution in [-0.2, 0) is 10.0 Å². The second kappa shape index (κ2) is 7.36. The van der Waals surface area contributed by atoms with Gasteiger partial charge in [-0.2, -0.15) is 4.98 Å². The number of hydrogen-bond acceptors (Lipinski definition) is 7. The van der Waals surface area contributed by atoms with Crippen LogP contribution in [0.1, 0.15) is 5.69 Å². The average molecular weight is 433 g/mol. The molecule has 2 N–H and O–H groups in total. The number of nitrogens with one attached hydrogen (secondary N) is 2. The summed E-state index contributed by atoms with van der Waals surface area (Å²) in [6.07, 6.45) is 4.55. The van der Waals surface area contributed by atoms with Crippen molar-refractivity contribution in [2.24, 2.45) is 0 Å². The molecule has 1 unspecified atom stereocenters. The maximum Gasteiger partial charge on any atom is 0.335 e. The number of aromatic nitrogens is 2. The lowest BCUT2D eigenvalue weighted by atomic mass is 10.2. The lowest BCUT2D eigenvalue weighted by molar-refractivity contribution is 0.256. The summed E-state index contributed by atoms with van der Waals surface area (Å²) in [6, 6.07) is 0.556. The summed E-state index contributed by atoms with van der Waals surface area (Å²) < 4.78 is 31.4. The van der Waals surface area contributed by atoms with Gasteiger partial charge in [0, 0.05) is 11.8 Å². The van der Waals surface area contributed by atoms with Crippen molar-refractivity contribution in [2.75, 3.05) is 12.4 Å². The first kappa shape index (κ1) is 18.5. The lowest BCUT2D eigenvalue weighted by Crippen LogP contribution is -2.38. The highest BCUT2D eigenvalue weighted by Gasteiger charge is 2.28. The van der Waals surface area contributed by atoms with Crippen molar-refractivity contribution in [2.45, 2.75) is 11.8 Å². The maximum atomic E-state index is 12.3. The quantitative estimate of drug-likeness (QED) is 0.551. The van der Waals surface area contributed by atoms with Crippen LogP contribution >= 0.6 is 28.1 Å². The van der Waals surface area contributed by atoms with E-state index >= 15 is 0 Å². The molecule has 0 bridgehead atoms. The Morgan fingerprint density at radius 2 is 2.12 bits per heavy atom. The summed E-state index contributed by atoms with van der Waals surface area (Å²) in [4.78, 5) is 19.4. The molecule has 0 saturated carbocycles. The Morgan fingerprint density at radius 1 is 1.42 bits per heavy atom. The van der Waals surface area contributed by atoms with Gasteiger partial charge in [-0.05, 0) is 13.0 Å². The van der Waals surface area contributed by atoms with Gasteiger partial charge < -0.3 is 4.74 Å². The van der Waals surface area contributed by atoms with Crippen LogP contribution in [0.4, 0.5) is 10.7 Å². The van der Waals surface area contributed by atoms with Gasteiger partial charge in [-0.1, -0.05) is 40.3 Å². The summed E-state index contributed by atoms with van der Waals surface area (Å²) in [5.41, 5.74) is 0.545. The predicted octanol–water partition coefficient (Wildman–Crippen LogP) is 1.83. The van der Waals surface area contributed by atoms with Crippen molar-refractivity contribution in [3.8, 4) is 5.88 Å². The first-order valence-electron chi connectivity index (χ1n) is 6.53. The molecule has 1 heterocycles. The van der Waals surface area contributed by atoms with Gasteiger partial charge in [0.1, 0.15) is 4.91 Å². The van der Waals surface area contributed by atoms with E-state index in [4.69, 9.17) is 17.0 Å². The van der Waals surface area contributed by atoms with Crippen molar-refractivity contribution in [1.82, 2.24) is 14.7 Å². The fourth-order valence-corrected chi connectivity index (χ4v) is 3.88. The monoisotopic (exact) mass is 432 g/mol. The Kier molecular flexibility index (Phi) is 5.67. The minimum absolute atomic E-state index is 0.0852. The summed E-state index contributed by atoms with van der Waals surface area (Å²) in [6.45, 7) is 1.68. The van der Waals surface area contributed by atoms with Gasteiger partial charge >= 0.3 is 6.03 Å². The number of allylic oxidation sites excluding steroid dienone is 4. The molecule has 0 saturated heterocycles. The normalized spacial score (nSPS) is 17.2. The van der Waals surface area contributed by atoms with Crippen LogP contribution in [0.3, 0.4) is 0 Å². The van der Waals surface area contributed by atoms with E-state index in [0.717, 1.165) is 0 Å². The Hall–Kier alpha value is -1.85. The van der Waals surface area contributed by atoms with Crippen LogP contribution in [0.15, 0.2) is 29.2 Å². The smallest absolute Gasteiger partial charge is 0.335 e. The highest BCUT2D eigenvalue weighted by Crippen LogP contribution is 2.21. The Bertz CT molecular complexity index is 852. The van der Waals surface area contributed by atoms with Crippen molar-refractivity contribution in [1.29, 1.82) is 0 Å². The van der Waals surface area contributed by atoms with Gasteiger partial charge in [-0.25, -0.2) is 22.9 Å². The number of nitrogens with zero attached hydrogens (tertiary/aromatic N) is 2.